The van der Waals surface area contributed by atoms with E-state index in [0.29, 0.717) is 16.7 Å². The lowest BCUT2D eigenvalue weighted by molar-refractivity contribution is -0.129. The van der Waals surface area contributed by atoms with Crippen LogP contribution in [0.5, 0.6) is 5.75 Å². The summed E-state index contributed by atoms with van der Waals surface area (Å²) in [7, 11) is 1.57. The van der Waals surface area contributed by atoms with Crippen LogP contribution in [0.3, 0.4) is 0 Å². The second kappa shape index (κ2) is 6.33. The van der Waals surface area contributed by atoms with E-state index in [1.807, 2.05) is 30.3 Å². The second-order valence-corrected chi connectivity index (χ2v) is 6.82. The van der Waals surface area contributed by atoms with E-state index in [0.717, 1.165) is 12.8 Å². The highest BCUT2D eigenvalue weighted by Crippen LogP contribution is 2.47. The molecule has 1 amide bonds. The fourth-order valence-corrected chi connectivity index (χ4v) is 3.55. The van der Waals surface area contributed by atoms with E-state index >= 15 is 0 Å². The van der Waals surface area contributed by atoms with Gasteiger partial charge in [0.15, 0.2) is 11.5 Å². The van der Waals surface area contributed by atoms with Gasteiger partial charge < -0.3 is 10.5 Å². The Kier molecular flexibility index (Phi) is 4.09. The summed E-state index contributed by atoms with van der Waals surface area (Å²) in [6.45, 7) is -2.90. The van der Waals surface area contributed by atoms with Gasteiger partial charge in [-0.15, -0.1) is 0 Å². The van der Waals surface area contributed by atoms with Crippen LogP contribution in [0.25, 0.3) is 0 Å². The van der Waals surface area contributed by atoms with Crippen LogP contribution >= 0.6 is 0 Å². The Morgan fingerprint density at radius 2 is 1.89 bits per heavy atom. The van der Waals surface area contributed by atoms with Crippen LogP contribution in [0, 0.1) is 0 Å². The number of carbonyl (C=O) groups is 1. The van der Waals surface area contributed by atoms with Gasteiger partial charge in [-0.1, -0.05) is 36.4 Å². The van der Waals surface area contributed by atoms with Crippen molar-refractivity contribution < 1.29 is 18.3 Å². The van der Waals surface area contributed by atoms with Gasteiger partial charge in [-0.2, -0.15) is 8.78 Å². The van der Waals surface area contributed by atoms with E-state index in [2.05, 4.69) is 9.73 Å². The summed E-state index contributed by atoms with van der Waals surface area (Å²) in [4.78, 5) is 19.0. The number of halogens is 2. The number of rotatable bonds is 5. The minimum absolute atomic E-state index is 0.115. The molecule has 140 valence electrons. The van der Waals surface area contributed by atoms with Gasteiger partial charge in [0.25, 0.3) is 5.91 Å². The van der Waals surface area contributed by atoms with Crippen molar-refractivity contribution in [3.8, 4) is 5.75 Å². The smallest absolute Gasteiger partial charge is 0.387 e. The summed E-state index contributed by atoms with van der Waals surface area (Å²) in [6.07, 6.45) is 1.81. The van der Waals surface area contributed by atoms with Gasteiger partial charge in [-0.25, -0.2) is 4.99 Å². The van der Waals surface area contributed by atoms with Crippen molar-refractivity contribution in [2.45, 2.75) is 30.9 Å². The highest BCUT2D eigenvalue weighted by molar-refractivity contribution is 6.08. The third kappa shape index (κ3) is 2.83. The monoisotopic (exact) mass is 371 g/mol. The maximum absolute atomic E-state index is 13.2. The van der Waals surface area contributed by atoms with Crippen molar-refractivity contribution in [2.24, 2.45) is 10.7 Å². The zero-order valence-corrected chi connectivity index (χ0v) is 14.7. The van der Waals surface area contributed by atoms with Crippen LogP contribution in [0.1, 0.15) is 35.4 Å². The molecule has 2 aromatic rings. The molecule has 5 nitrogen and oxygen atoms in total. The van der Waals surface area contributed by atoms with Crippen molar-refractivity contribution in [1.29, 1.82) is 0 Å². The van der Waals surface area contributed by atoms with Crippen molar-refractivity contribution in [3.05, 3.63) is 65.2 Å². The number of alkyl halides is 2. The summed E-state index contributed by atoms with van der Waals surface area (Å²) >= 11 is 0. The zero-order chi connectivity index (χ0) is 19.2. The number of ether oxygens (including phenoxy) is 1. The lowest BCUT2D eigenvalue weighted by Gasteiger charge is -2.27. The highest BCUT2D eigenvalue weighted by Gasteiger charge is 2.50. The van der Waals surface area contributed by atoms with Crippen LogP contribution in [0.4, 0.5) is 8.78 Å². The van der Waals surface area contributed by atoms with E-state index in [1.54, 1.807) is 19.2 Å². The Morgan fingerprint density at radius 1 is 1.19 bits per heavy atom. The molecule has 2 aromatic carbocycles. The number of guanidine groups is 1. The number of benzene rings is 2. The van der Waals surface area contributed by atoms with Crippen molar-refractivity contribution in [2.75, 3.05) is 7.05 Å². The molecule has 0 radical (unpaired) electrons. The molecule has 1 heterocycles. The maximum Gasteiger partial charge on any atom is 0.387 e. The first-order chi connectivity index (χ1) is 12.9. The van der Waals surface area contributed by atoms with E-state index in [9.17, 15) is 13.6 Å². The first-order valence-electron chi connectivity index (χ1n) is 8.71. The largest absolute Gasteiger partial charge is 0.435 e. The molecule has 27 heavy (non-hydrogen) atoms. The van der Waals surface area contributed by atoms with Crippen LogP contribution in [0.2, 0.25) is 0 Å². The third-order valence-electron chi connectivity index (χ3n) is 5.09. The predicted molar refractivity (Wildman–Crippen MR) is 96.7 cm³/mol. The Bertz CT molecular complexity index is 913. The van der Waals surface area contributed by atoms with E-state index in [4.69, 9.17) is 5.73 Å². The fourth-order valence-electron chi connectivity index (χ4n) is 3.55. The van der Waals surface area contributed by atoms with Gasteiger partial charge in [-0.05, 0) is 47.6 Å². The fraction of sp³-hybridized carbons (Fsp3) is 0.300. The summed E-state index contributed by atoms with van der Waals surface area (Å²) in [6, 6.07) is 14.0. The highest BCUT2D eigenvalue weighted by atomic mass is 19.3. The number of aliphatic imine (C=N–C) groups is 1. The van der Waals surface area contributed by atoms with Crippen LogP contribution < -0.4 is 10.5 Å². The number of likely N-dealkylation sites (N-methyl/N-ethyl adjacent to an activating group) is 1. The molecule has 2 aliphatic rings. The molecule has 4 rings (SSSR count). The topological polar surface area (TPSA) is 67.9 Å². The summed E-state index contributed by atoms with van der Waals surface area (Å²) in [5.74, 6) is 0.137. The predicted octanol–water partition coefficient (Wildman–Crippen LogP) is 3.20. The number of amides is 1. The normalized spacial score (nSPS) is 22.3. The third-order valence-corrected chi connectivity index (χ3v) is 5.09. The minimum atomic E-state index is -2.90. The standard InChI is InChI=1S/C20H19F2N3O2/c1-25-17(26)20(24-19(25)23,13-5-3-2-4-6-13)14-9-10-16(27-18(21)22)15(11-14)12-7-8-12/h2-6,9-12,18H,7-8H2,1H3,(H2,23,24)/t20-/m0/s1. The molecule has 1 atom stereocenters. The molecular formula is C20H19F2N3O2. The Hall–Kier alpha value is -2.96. The number of nitrogens with two attached hydrogens (primary N) is 1. The van der Waals surface area contributed by atoms with Crippen molar-refractivity contribution in [1.82, 2.24) is 4.90 Å². The molecule has 1 aliphatic carbocycles. The van der Waals surface area contributed by atoms with E-state index < -0.39 is 12.2 Å². The SMILES string of the molecule is CN1C(=O)[C@](c2ccccc2)(c2ccc(OC(F)F)c(C3CC3)c2)N=C1N. The quantitative estimate of drug-likeness (QED) is 0.878. The molecule has 1 fully saturated rings. The van der Waals surface area contributed by atoms with Gasteiger partial charge in [0.2, 0.25) is 0 Å². The summed E-state index contributed by atoms with van der Waals surface area (Å²) in [5, 5.41) is 0. The first-order valence-corrected chi connectivity index (χ1v) is 8.71. The van der Waals surface area contributed by atoms with Gasteiger partial charge in [0.1, 0.15) is 5.75 Å². The lowest BCUT2D eigenvalue weighted by atomic mass is 9.81. The molecule has 0 unspecified atom stereocenters. The molecule has 1 saturated carbocycles. The number of nitrogens with zero attached hydrogens (tertiary/aromatic N) is 2. The second-order valence-electron chi connectivity index (χ2n) is 6.82. The van der Waals surface area contributed by atoms with E-state index in [-0.39, 0.29) is 23.5 Å². The van der Waals surface area contributed by atoms with Crippen LogP contribution in [-0.2, 0) is 10.3 Å². The Morgan fingerprint density at radius 3 is 2.44 bits per heavy atom. The van der Waals surface area contributed by atoms with Gasteiger partial charge >= 0.3 is 6.61 Å². The number of carbonyl (C=O) groups excluding carboxylic acids is 1. The molecule has 1 aliphatic heterocycles. The Labute approximate surface area is 155 Å². The lowest BCUT2D eigenvalue weighted by Crippen LogP contribution is -2.41. The molecular weight excluding hydrogens is 352 g/mol. The zero-order valence-electron chi connectivity index (χ0n) is 14.7. The van der Waals surface area contributed by atoms with Gasteiger partial charge in [0.05, 0.1) is 0 Å². The maximum atomic E-state index is 13.2. The first kappa shape index (κ1) is 17.5. The van der Waals surface area contributed by atoms with Crippen molar-refractivity contribution >= 4 is 11.9 Å². The average molecular weight is 371 g/mol. The molecule has 0 aromatic heterocycles. The van der Waals surface area contributed by atoms with Crippen LogP contribution in [0.15, 0.2) is 53.5 Å². The molecule has 7 heteroatoms. The minimum Gasteiger partial charge on any atom is -0.435 e. The molecule has 2 N–H and O–H groups in total. The molecule has 0 bridgehead atoms. The molecule has 0 spiro atoms. The molecule has 0 saturated heterocycles. The average Bonchev–Trinajstić information content (AvgIpc) is 3.47. The summed E-state index contributed by atoms with van der Waals surface area (Å²) < 4.78 is 30.2. The summed E-state index contributed by atoms with van der Waals surface area (Å²) in [5.41, 5.74) is 6.57. The Balaban J connectivity index is 1.90. The van der Waals surface area contributed by atoms with Crippen LogP contribution in [-0.4, -0.2) is 30.4 Å². The van der Waals surface area contributed by atoms with E-state index in [1.165, 1.54) is 11.0 Å². The number of hydrogen-bond acceptors (Lipinski definition) is 4. The number of hydrogen-bond donors (Lipinski definition) is 1. The van der Waals surface area contributed by atoms with Gasteiger partial charge in [0, 0.05) is 7.05 Å². The van der Waals surface area contributed by atoms with Gasteiger partial charge in [-0.3, -0.25) is 9.69 Å². The van der Waals surface area contributed by atoms with Crippen molar-refractivity contribution in [3.63, 3.8) is 0 Å².